The number of pyridine rings is 1. The van der Waals surface area contributed by atoms with Crippen molar-refractivity contribution in [2.75, 3.05) is 13.1 Å². The average Bonchev–Trinajstić information content (AvgIpc) is 3.05. The van der Waals surface area contributed by atoms with Crippen LogP contribution < -0.4 is 5.73 Å². The molecule has 1 aliphatic carbocycles. The fourth-order valence-electron chi connectivity index (χ4n) is 3.24. The van der Waals surface area contributed by atoms with Crippen molar-refractivity contribution in [1.82, 2.24) is 9.88 Å². The third-order valence-corrected chi connectivity index (χ3v) is 4.28. The number of fused-ring (bicyclic) bond motifs is 1. The summed E-state index contributed by atoms with van der Waals surface area (Å²) < 4.78 is 0. The van der Waals surface area contributed by atoms with Crippen molar-refractivity contribution in [2.24, 2.45) is 5.73 Å². The molecule has 0 spiro atoms. The summed E-state index contributed by atoms with van der Waals surface area (Å²) in [6, 6.07) is 9.96. The second kappa shape index (κ2) is 6.22. The molecule has 1 aliphatic rings. The maximum absolute atomic E-state index is 13.0. The van der Waals surface area contributed by atoms with Gasteiger partial charge >= 0.3 is 0 Å². The van der Waals surface area contributed by atoms with Crippen LogP contribution >= 0.6 is 0 Å². The molecule has 0 saturated heterocycles. The zero-order valence-corrected chi connectivity index (χ0v) is 12.2. The lowest BCUT2D eigenvalue weighted by Crippen LogP contribution is -2.42. The molecule has 0 radical (unpaired) electrons. The largest absolute Gasteiger partial charge is 0.334 e. The second-order valence-corrected chi connectivity index (χ2v) is 5.60. The van der Waals surface area contributed by atoms with Gasteiger partial charge in [0.25, 0.3) is 5.91 Å². The first-order chi connectivity index (χ1) is 10.3. The maximum atomic E-state index is 13.0. The minimum atomic E-state index is 0.0888. The summed E-state index contributed by atoms with van der Waals surface area (Å²) in [5, 5.41) is 0.921. The molecular formula is C17H21N3O. The van der Waals surface area contributed by atoms with Crippen LogP contribution in [0.4, 0.5) is 0 Å². The Kier molecular flexibility index (Phi) is 4.15. The molecule has 1 fully saturated rings. The Bertz CT molecular complexity index is 629. The molecule has 3 rings (SSSR count). The topological polar surface area (TPSA) is 59.2 Å². The molecule has 2 N–H and O–H groups in total. The van der Waals surface area contributed by atoms with Gasteiger partial charge in [-0.3, -0.25) is 9.78 Å². The molecular weight excluding hydrogens is 262 g/mol. The monoisotopic (exact) mass is 283 g/mol. The molecule has 0 bridgehead atoms. The summed E-state index contributed by atoms with van der Waals surface area (Å²) in [5.41, 5.74) is 7.32. The molecule has 1 aromatic heterocycles. The van der Waals surface area contributed by atoms with Gasteiger partial charge in [-0.25, -0.2) is 0 Å². The van der Waals surface area contributed by atoms with E-state index in [1.165, 1.54) is 12.8 Å². The first-order valence-electron chi connectivity index (χ1n) is 7.66. The molecule has 0 aliphatic heterocycles. The number of hydrogen-bond acceptors (Lipinski definition) is 3. The number of nitrogens with zero attached hydrogens (tertiary/aromatic N) is 2. The van der Waals surface area contributed by atoms with Gasteiger partial charge < -0.3 is 10.6 Å². The van der Waals surface area contributed by atoms with E-state index in [1.54, 1.807) is 6.20 Å². The molecule has 110 valence electrons. The first kappa shape index (κ1) is 14.0. The van der Waals surface area contributed by atoms with E-state index in [2.05, 4.69) is 4.98 Å². The number of carbonyl (C=O) groups is 1. The van der Waals surface area contributed by atoms with Crippen LogP contribution in [0.25, 0.3) is 10.9 Å². The second-order valence-electron chi connectivity index (χ2n) is 5.60. The van der Waals surface area contributed by atoms with Crippen molar-refractivity contribution in [1.29, 1.82) is 0 Å². The number of aromatic nitrogens is 1. The van der Waals surface area contributed by atoms with Crippen LogP contribution in [-0.2, 0) is 0 Å². The van der Waals surface area contributed by atoms with Crippen molar-refractivity contribution in [3.8, 4) is 0 Å². The van der Waals surface area contributed by atoms with Gasteiger partial charge in [-0.15, -0.1) is 0 Å². The molecule has 1 saturated carbocycles. The Labute approximate surface area is 125 Å². The van der Waals surface area contributed by atoms with E-state index in [4.69, 9.17) is 5.73 Å². The molecule has 1 amide bonds. The standard InChI is InChI=1S/C17H21N3O/c18-10-12-20(13-5-1-2-6-13)17(21)15-9-11-19-16-8-4-3-7-14(15)16/h3-4,7-9,11,13H,1-2,5-6,10,12,18H2. The summed E-state index contributed by atoms with van der Waals surface area (Å²) in [6.45, 7) is 1.13. The molecule has 4 nitrogen and oxygen atoms in total. The zero-order chi connectivity index (χ0) is 14.7. The lowest BCUT2D eigenvalue weighted by molar-refractivity contribution is 0.0690. The number of carbonyl (C=O) groups excluding carboxylic acids is 1. The Balaban J connectivity index is 1.97. The Morgan fingerprint density at radius 3 is 2.76 bits per heavy atom. The molecule has 0 atom stereocenters. The molecule has 0 unspecified atom stereocenters. The van der Waals surface area contributed by atoms with Gasteiger partial charge in [0.05, 0.1) is 11.1 Å². The quantitative estimate of drug-likeness (QED) is 0.938. The highest BCUT2D eigenvalue weighted by molar-refractivity contribution is 6.06. The van der Waals surface area contributed by atoms with Gasteiger partial charge in [-0.2, -0.15) is 0 Å². The van der Waals surface area contributed by atoms with Crippen LogP contribution in [0.1, 0.15) is 36.0 Å². The summed E-state index contributed by atoms with van der Waals surface area (Å²) in [4.78, 5) is 19.3. The molecule has 1 heterocycles. The maximum Gasteiger partial charge on any atom is 0.254 e. The zero-order valence-electron chi connectivity index (χ0n) is 12.2. The van der Waals surface area contributed by atoms with Gasteiger partial charge in [0.15, 0.2) is 0 Å². The van der Waals surface area contributed by atoms with Gasteiger partial charge in [-0.1, -0.05) is 31.0 Å². The highest BCUT2D eigenvalue weighted by Crippen LogP contribution is 2.26. The average molecular weight is 283 g/mol. The van der Waals surface area contributed by atoms with E-state index in [1.807, 2.05) is 35.2 Å². The van der Waals surface area contributed by atoms with E-state index in [0.29, 0.717) is 19.1 Å². The Hall–Kier alpha value is -1.94. The lowest BCUT2D eigenvalue weighted by atomic mass is 10.1. The highest BCUT2D eigenvalue weighted by atomic mass is 16.2. The smallest absolute Gasteiger partial charge is 0.254 e. The molecule has 1 aromatic carbocycles. The van der Waals surface area contributed by atoms with E-state index < -0.39 is 0 Å². The third kappa shape index (κ3) is 2.76. The fraction of sp³-hybridized carbons (Fsp3) is 0.412. The summed E-state index contributed by atoms with van der Waals surface area (Å²) >= 11 is 0. The number of para-hydroxylation sites is 1. The number of rotatable bonds is 4. The highest BCUT2D eigenvalue weighted by Gasteiger charge is 2.27. The van der Waals surface area contributed by atoms with E-state index in [0.717, 1.165) is 29.3 Å². The first-order valence-corrected chi connectivity index (χ1v) is 7.66. The van der Waals surface area contributed by atoms with Crippen LogP contribution in [0, 0.1) is 0 Å². The van der Waals surface area contributed by atoms with E-state index >= 15 is 0 Å². The van der Waals surface area contributed by atoms with Gasteiger partial charge in [-0.05, 0) is 25.0 Å². The third-order valence-electron chi connectivity index (χ3n) is 4.28. The Morgan fingerprint density at radius 1 is 1.24 bits per heavy atom. The van der Waals surface area contributed by atoms with Crippen molar-refractivity contribution in [3.05, 3.63) is 42.1 Å². The minimum absolute atomic E-state index is 0.0888. The fourth-order valence-corrected chi connectivity index (χ4v) is 3.24. The normalized spacial score (nSPS) is 15.5. The van der Waals surface area contributed by atoms with Gasteiger partial charge in [0, 0.05) is 30.7 Å². The molecule has 21 heavy (non-hydrogen) atoms. The van der Waals surface area contributed by atoms with Crippen LogP contribution in [-0.4, -0.2) is 34.9 Å². The predicted molar refractivity (Wildman–Crippen MR) is 84.1 cm³/mol. The SMILES string of the molecule is NCCN(C(=O)c1ccnc2ccccc12)C1CCCC1. The number of nitrogens with two attached hydrogens (primary N) is 1. The summed E-state index contributed by atoms with van der Waals surface area (Å²) in [6.07, 6.45) is 6.31. The predicted octanol–water partition coefficient (Wildman–Crippen LogP) is 2.58. The number of amides is 1. The van der Waals surface area contributed by atoms with Crippen molar-refractivity contribution in [3.63, 3.8) is 0 Å². The van der Waals surface area contributed by atoms with Crippen LogP contribution in [0.5, 0.6) is 0 Å². The Morgan fingerprint density at radius 2 is 2.00 bits per heavy atom. The number of hydrogen-bond donors (Lipinski definition) is 1. The minimum Gasteiger partial charge on any atom is -0.334 e. The van der Waals surface area contributed by atoms with E-state index in [9.17, 15) is 4.79 Å². The van der Waals surface area contributed by atoms with Crippen molar-refractivity contribution < 1.29 is 4.79 Å². The summed E-state index contributed by atoms with van der Waals surface area (Å²) in [5.74, 6) is 0.0888. The molecule has 4 heteroatoms. The van der Waals surface area contributed by atoms with Crippen LogP contribution in [0.2, 0.25) is 0 Å². The van der Waals surface area contributed by atoms with E-state index in [-0.39, 0.29) is 5.91 Å². The van der Waals surface area contributed by atoms with Gasteiger partial charge in [0.1, 0.15) is 0 Å². The molecule has 2 aromatic rings. The van der Waals surface area contributed by atoms with Crippen LogP contribution in [0.3, 0.4) is 0 Å². The number of benzene rings is 1. The summed E-state index contributed by atoms with van der Waals surface area (Å²) in [7, 11) is 0. The van der Waals surface area contributed by atoms with Crippen molar-refractivity contribution in [2.45, 2.75) is 31.7 Å². The van der Waals surface area contributed by atoms with Gasteiger partial charge in [0.2, 0.25) is 0 Å². The van der Waals surface area contributed by atoms with Crippen LogP contribution in [0.15, 0.2) is 36.5 Å². The lowest BCUT2D eigenvalue weighted by Gasteiger charge is -2.29. The van der Waals surface area contributed by atoms with Crippen molar-refractivity contribution >= 4 is 16.8 Å².